The number of halogens is 3. The first-order valence-electron chi connectivity index (χ1n) is 6.98. The maximum absolute atomic E-state index is 13.3. The van der Waals surface area contributed by atoms with Crippen LogP contribution in [0.4, 0.5) is 4.39 Å². The summed E-state index contributed by atoms with van der Waals surface area (Å²) in [6.07, 6.45) is 2.63. The molecule has 2 aromatic rings. The molecule has 0 aliphatic carbocycles. The van der Waals surface area contributed by atoms with Gasteiger partial charge in [-0.25, -0.2) is 4.39 Å². The molecule has 0 radical (unpaired) electrons. The molecule has 1 aromatic heterocycles. The summed E-state index contributed by atoms with van der Waals surface area (Å²) in [5, 5.41) is 8.36. The van der Waals surface area contributed by atoms with Crippen LogP contribution >= 0.6 is 27.5 Å². The van der Waals surface area contributed by atoms with Gasteiger partial charge in [0.05, 0.1) is 23.0 Å². The van der Waals surface area contributed by atoms with Crippen molar-refractivity contribution >= 4 is 27.5 Å². The zero-order chi connectivity index (χ0) is 15.4. The lowest BCUT2D eigenvalue weighted by atomic mass is 10.0. The van der Waals surface area contributed by atoms with Gasteiger partial charge in [0.2, 0.25) is 0 Å². The summed E-state index contributed by atoms with van der Waals surface area (Å²) < 4.78 is 15.9. The van der Waals surface area contributed by atoms with E-state index in [0.29, 0.717) is 9.50 Å². The zero-order valence-corrected chi connectivity index (χ0v) is 14.4. The number of rotatable bonds is 6. The molecule has 21 heavy (non-hydrogen) atoms. The fourth-order valence-corrected chi connectivity index (χ4v) is 3.17. The lowest BCUT2D eigenvalue weighted by molar-refractivity contribution is 0.519. The van der Waals surface area contributed by atoms with Crippen LogP contribution in [0.1, 0.15) is 37.6 Å². The number of nitrogens with one attached hydrogen (secondary N) is 1. The number of hydrogen-bond donors (Lipinski definition) is 1. The van der Waals surface area contributed by atoms with Gasteiger partial charge in [-0.15, -0.1) is 0 Å². The van der Waals surface area contributed by atoms with Gasteiger partial charge >= 0.3 is 0 Å². The highest BCUT2D eigenvalue weighted by atomic mass is 79.9. The summed E-state index contributed by atoms with van der Waals surface area (Å²) in [7, 11) is 0. The van der Waals surface area contributed by atoms with Crippen molar-refractivity contribution in [2.24, 2.45) is 0 Å². The Bertz CT molecular complexity index is 615. The standard InChI is InChI=1S/C15H18BrClFN3/c1-3-7-21-15(13(17)9-20-21)14(19-4-2)11-6-5-10(18)8-12(11)16/h5-6,8-9,14,19H,3-4,7H2,1-2H3. The normalized spacial score (nSPS) is 12.6. The second-order valence-corrected chi connectivity index (χ2v) is 6.02. The maximum atomic E-state index is 13.3. The summed E-state index contributed by atoms with van der Waals surface area (Å²) in [6, 6.07) is 4.56. The summed E-state index contributed by atoms with van der Waals surface area (Å²) in [5.41, 5.74) is 1.85. The smallest absolute Gasteiger partial charge is 0.124 e. The van der Waals surface area contributed by atoms with E-state index in [1.807, 2.05) is 11.6 Å². The van der Waals surface area contributed by atoms with Crippen LogP contribution in [-0.4, -0.2) is 16.3 Å². The highest BCUT2D eigenvalue weighted by Gasteiger charge is 2.23. The molecule has 1 aromatic carbocycles. The van der Waals surface area contributed by atoms with E-state index in [-0.39, 0.29) is 11.9 Å². The maximum Gasteiger partial charge on any atom is 0.124 e. The Kier molecular flexibility index (Phi) is 5.79. The van der Waals surface area contributed by atoms with Crippen LogP contribution in [0.3, 0.4) is 0 Å². The Morgan fingerprint density at radius 3 is 2.81 bits per heavy atom. The molecule has 114 valence electrons. The Morgan fingerprint density at radius 1 is 1.43 bits per heavy atom. The Labute approximate surface area is 137 Å². The van der Waals surface area contributed by atoms with Crippen LogP contribution in [0, 0.1) is 5.82 Å². The van der Waals surface area contributed by atoms with Crippen molar-refractivity contribution in [3.05, 3.63) is 51.0 Å². The van der Waals surface area contributed by atoms with Crippen molar-refractivity contribution in [3.63, 3.8) is 0 Å². The largest absolute Gasteiger partial charge is 0.305 e. The van der Waals surface area contributed by atoms with Crippen molar-refractivity contribution in [2.45, 2.75) is 32.9 Å². The van der Waals surface area contributed by atoms with E-state index in [1.165, 1.54) is 12.1 Å². The minimum atomic E-state index is -0.269. The van der Waals surface area contributed by atoms with Gasteiger partial charge < -0.3 is 5.32 Å². The lowest BCUT2D eigenvalue weighted by Crippen LogP contribution is -2.25. The highest BCUT2D eigenvalue weighted by molar-refractivity contribution is 9.10. The summed E-state index contributed by atoms with van der Waals surface area (Å²) in [6.45, 7) is 5.68. The van der Waals surface area contributed by atoms with Gasteiger partial charge in [-0.1, -0.05) is 47.4 Å². The van der Waals surface area contributed by atoms with Gasteiger partial charge in [0.25, 0.3) is 0 Å². The average Bonchev–Trinajstić information content (AvgIpc) is 2.79. The van der Waals surface area contributed by atoms with Crippen LogP contribution in [-0.2, 0) is 6.54 Å². The van der Waals surface area contributed by atoms with Crippen molar-refractivity contribution in [2.75, 3.05) is 6.54 Å². The molecule has 0 fully saturated rings. The van der Waals surface area contributed by atoms with E-state index >= 15 is 0 Å². The molecule has 1 N–H and O–H groups in total. The number of nitrogens with zero attached hydrogens (tertiary/aromatic N) is 2. The van der Waals surface area contributed by atoms with Gasteiger partial charge in [-0.2, -0.15) is 5.10 Å². The Balaban J connectivity index is 2.50. The van der Waals surface area contributed by atoms with Gasteiger partial charge in [0.1, 0.15) is 5.82 Å². The molecule has 3 nitrogen and oxygen atoms in total. The monoisotopic (exact) mass is 373 g/mol. The Hall–Kier alpha value is -0.910. The topological polar surface area (TPSA) is 29.9 Å². The van der Waals surface area contributed by atoms with Crippen molar-refractivity contribution < 1.29 is 4.39 Å². The molecule has 6 heteroatoms. The zero-order valence-electron chi connectivity index (χ0n) is 12.0. The van der Waals surface area contributed by atoms with E-state index in [4.69, 9.17) is 11.6 Å². The van der Waals surface area contributed by atoms with Crippen molar-refractivity contribution in [3.8, 4) is 0 Å². The average molecular weight is 375 g/mol. The van der Waals surface area contributed by atoms with Gasteiger partial charge in [0.15, 0.2) is 0 Å². The molecular formula is C15H18BrClFN3. The van der Waals surface area contributed by atoms with Crippen LogP contribution in [0.2, 0.25) is 5.02 Å². The first-order chi connectivity index (χ1) is 10.1. The van der Waals surface area contributed by atoms with Crippen LogP contribution in [0.5, 0.6) is 0 Å². The van der Waals surface area contributed by atoms with Crippen molar-refractivity contribution in [1.29, 1.82) is 0 Å². The molecular weight excluding hydrogens is 357 g/mol. The predicted octanol–water partition coefficient (Wildman–Crippen LogP) is 4.55. The Morgan fingerprint density at radius 2 is 2.19 bits per heavy atom. The van der Waals surface area contributed by atoms with E-state index in [0.717, 1.165) is 30.8 Å². The number of hydrogen-bond acceptors (Lipinski definition) is 2. The molecule has 0 bridgehead atoms. The van der Waals surface area contributed by atoms with Crippen LogP contribution < -0.4 is 5.32 Å². The number of aromatic nitrogens is 2. The van der Waals surface area contributed by atoms with Crippen LogP contribution in [0.25, 0.3) is 0 Å². The van der Waals surface area contributed by atoms with Gasteiger partial charge in [-0.05, 0) is 30.7 Å². The minimum Gasteiger partial charge on any atom is -0.305 e. The molecule has 2 rings (SSSR count). The molecule has 1 unspecified atom stereocenters. The van der Waals surface area contributed by atoms with Gasteiger partial charge in [0, 0.05) is 11.0 Å². The predicted molar refractivity (Wildman–Crippen MR) is 87.1 cm³/mol. The molecule has 0 saturated heterocycles. The lowest BCUT2D eigenvalue weighted by Gasteiger charge is -2.21. The third kappa shape index (κ3) is 3.65. The second kappa shape index (κ2) is 7.38. The van der Waals surface area contributed by atoms with E-state index in [9.17, 15) is 4.39 Å². The first-order valence-corrected chi connectivity index (χ1v) is 8.15. The SMILES string of the molecule is CCCn1ncc(Cl)c1C(NCC)c1ccc(F)cc1Br. The third-order valence-electron chi connectivity index (χ3n) is 3.22. The molecule has 0 aliphatic heterocycles. The van der Waals surface area contributed by atoms with E-state index in [2.05, 4.69) is 33.3 Å². The molecule has 0 amide bonds. The number of aryl methyl sites for hydroxylation is 1. The minimum absolute atomic E-state index is 0.133. The third-order valence-corrected chi connectivity index (χ3v) is 4.20. The van der Waals surface area contributed by atoms with Crippen LogP contribution in [0.15, 0.2) is 28.9 Å². The quantitative estimate of drug-likeness (QED) is 0.804. The molecule has 1 atom stereocenters. The molecule has 0 saturated carbocycles. The van der Waals surface area contributed by atoms with Gasteiger partial charge in [-0.3, -0.25) is 4.68 Å². The van der Waals surface area contributed by atoms with Crippen molar-refractivity contribution in [1.82, 2.24) is 15.1 Å². The number of benzene rings is 1. The summed E-state index contributed by atoms with van der Waals surface area (Å²) >= 11 is 9.77. The summed E-state index contributed by atoms with van der Waals surface area (Å²) in [5.74, 6) is -0.269. The summed E-state index contributed by atoms with van der Waals surface area (Å²) in [4.78, 5) is 0. The fraction of sp³-hybridized carbons (Fsp3) is 0.400. The molecule has 1 heterocycles. The fourth-order valence-electron chi connectivity index (χ4n) is 2.34. The van der Waals surface area contributed by atoms with E-state index in [1.54, 1.807) is 12.3 Å². The molecule has 0 aliphatic rings. The van der Waals surface area contributed by atoms with E-state index < -0.39 is 0 Å². The second-order valence-electron chi connectivity index (χ2n) is 4.76. The highest BCUT2D eigenvalue weighted by Crippen LogP contribution is 2.33. The first kappa shape index (κ1) is 16.5. The molecule has 0 spiro atoms.